The number of likely N-dealkylation sites (N-methyl/N-ethyl adjacent to an activating group) is 1. The summed E-state index contributed by atoms with van der Waals surface area (Å²) in [5.41, 5.74) is -2.92. The van der Waals surface area contributed by atoms with Crippen molar-refractivity contribution in [1.82, 2.24) is 15.2 Å². The zero-order valence-corrected chi connectivity index (χ0v) is 18.4. The van der Waals surface area contributed by atoms with Gasteiger partial charge < -0.3 is 10.2 Å². The molecule has 0 radical (unpaired) electrons. The summed E-state index contributed by atoms with van der Waals surface area (Å²) in [5.74, 6) is -1.72. The fraction of sp³-hybridized carbons (Fsp3) is 0.286. The van der Waals surface area contributed by atoms with Crippen molar-refractivity contribution in [2.45, 2.75) is 17.8 Å². The number of urea groups is 1. The van der Waals surface area contributed by atoms with Gasteiger partial charge in [0.05, 0.1) is 16.3 Å². The van der Waals surface area contributed by atoms with E-state index in [0.29, 0.717) is 11.2 Å². The first-order valence-electron chi connectivity index (χ1n) is 9.94. The number of thiazole rings is 1. The number of carbonyl (C=O) groups is 2. The minimum absolute atomic E-state index is 0.0921. The summed E-state index contributed by atoms with van der Waals surface area (Å²) in [6, 6.07) is 6.71. The molecule has 0 unspecified atom stereocenters. The van der Waals surface area contributed by atoms with Gasteiger partial charge in [-0.25, -0.2) is 18.6 Å². The Morgan fingerprint density at radius 2 is 1.94 bits per heavy atom. The van der Waals surface area contributed by atoms with Crippen LogP contribution in [0.3, 0.4) is 0 Å². The molecule has 1 aliphatic rings. The van der Waals surface area contributed by atoms with Crippen molar-refractivity contribution in [3.63, 3.8) is 0 Å². The van der Waals surface area contributed by atoms with Crippen LogP contribution in [-0.2, 0) is 10.3 Å². The van der Waals surface area contributed by atoms with Crippen molar-refractivity contribution < 1.29 is 31.5 Å². The van der Waals surface area contributed by atoms with Gasteiger partial charge in [0.2, 0.25) is 5.54 Å². The number of piperazine rings is 1. The monoisotopic (exact) mass is 499 g/mol. The molecule has 4 rings (SSSR count). The lowest BCUT2D eigenvalue weighted by Crippen LogP contribution is -2.71. The molecular formula is C21H18F5N5O2S. The number of nitrogens with one attached hydrogen (secondary N) is 3. The highest BCUT2D eigenvalue weighted by Gasteiger charge is 2.65. The fourth-order valence-corrected chi connectivity index (χ4v) is 4.68. The van der Waals surface area contributed by atoms with Crippen LogP contribution in [0.1, 0.15) is 5.56 Å². The van der Waals surface area contributed by atoms with Crippen LogP contribution in [0.5, 0.6) is 0 Å². The molecule has 2 aromatic carbocycles. The van der Waals surface area contributed by atoms with Crippen LogP contribution in [0.2, 0.25) is 0 Å². The Kier molecular flexibility index (Phi) is 6.16. The highest BCUT2D eigenvalue weighted by molar-refractivity contribution is 7.22. The van der Waals surface area contributed by atoms with Crippen LogP contribution < -0.4 is 16.0 Å². The van der Waals surface area contributed by atoms with Crippen molar-refractivity contribution in [2.24, 2.45) is 0 Å². The van der Waals surface area contributed by atoms with Gasteiger partial charge in [-0.05, 0) is 42.0 Å². The minimum Gasteiger partial charge on any atom is -0.342 e. The van der Waals surface area contributed by atoms with Crippen molar-refractivity contribution in [3.8, 4) is 0 Å². The van der Waals surface area contributed by atoms with Gasteiger partial charge in [0.1, 0.15) is 12.5 Å². The SMILES string of the molecule is CN1C[C@H](CF)N[C@](c2ccc3nc(NC(=O)Nc4ccc(F)cc4)sc3c2)(C(F)(F)F)C1=O. The number of benzene rings is 2. The maximum Gasteiger partial charge on any atom is 0.419 e. The number of alkyl halides is 4. The predicted molar refractivity (Wildman–Crippen MR) is 117 cm³/mol. The lowest BCUT2D eigenvalue weighted by molar-refractivity contribution is -0.216. The molecule has 3 N–H and O–H groups in total. The number of anilines is 2. The van der Waals surface area contributed by atoms with Gasteiger partial charge in [0.15, 0.2) is 5.13 Å². The zero-order chi connectivity index (χ0) is 24.7. The highest BCUT2D eigenvalue weighted by atomic mass is 32.1. The molecule has 34 heavy (non-hydrogen) atoms. The van der Waals surface area contributed by atoms with Crippen LogP contribution in [0.15, 0.2) is 42.5 Å². The van der Waals surface area contributed by atoms with Crippen LogP contribution in [-0.4, -0.2) is 54.3 Å². The number of carbonyl (C=O) groups excluding carboxylic acids is 2. The molecule has 1 aliphatic heterocycles. The molecule has 3 amide bonds. The van der Waals surface area contributed by atoms with Crippen molar-refractivity contribution >= 4 is 44.3 Å². The van der Waals surface area contributed by atoms with Crippen molar-refractivity contribution in [1.29, 1.82) is 0 Å². The number of hydrogen-bond acceptors (Lipinski definition) is 5. The lowest BCUT2D eigenvalue weighted by Gasteiger charge is -2.45. The van der Waals surface area contributed by atoms with Gasteiger partial charge in [-0.2, -0.15) is 13.2 Å². The summed E-state index contributed by atoms with van der Waals surface area (Å²) in [7, 11) is 1.19. The third-order valence-corrected chi connectivity index (χ3v) is 6.27. The van der Waals surface area contributed by atoms with E-state index in [1.165, 1.54) is 25.2 Å². The first kappa shape index (κ1) is 23.8. The van der Waals surface area contributed by atoms with E-state index < -0.39 is 47.8 Å². The Bertz CT molecular complexity index is 1230. The van der Waals surface area contributed by atoms with Gasteiger partial charge >= 0.3 is 12.2 Å². The number of hydrogen-bond donors (Lipinski definition) is 3. The molecule has 0 bridgehead atoms. The molecule has 3 aromatic rings. The average molecular weight is 499 g/mol. The van der Waals surface area contributed by atoms with E-state index in [2.05, 4.69) is 20.9 Å². The number of aromatic nitrogens is 1. The van der Waals surface area contributed by atoms with E-state index in [4.69, 9.17) is 0 Å². The molecule has 1 saturated heterocycles. The maximum absolute atomic E-state index is 14.3. The van der Waals surface area contributed by atoms with Crippen molar-refractivity contribution in [2.75, 3.05) is 30.9 Å². The third kappa shape index (κ3) is 4.28. The van der Waals surface area contributed by atoms with E-state index in [1.54, 1.807) is 0 Å². The molecule has 2 heterocycles. The Labute approximate surface area is 194 Å². The lowest BCUT2D eigenvalue weighted by atomic mass is 9.84. The standard InChI is InChI=1S/C21H18F5N5O2S/c1-31-10-14(9-22)30-20(17(31)32,21(24,25)26)11-2-7-15-16(8-11)34-19(28-15)29-18(33)27-13-5-3-12(23)4-6-13/h2-8,14,30H,9-10H2,1H3,(H2,27,28,29,33)/t14-,20-/m0/s1. The number of rotatable bonds is 4. The number of amides is 3. The molecule has 0 aliphatic carbocycles. The first-order valence-corrected chi connectivity index (χ1v) is 10.8. The maximum atomic E-state index is 14.3. The van der Waals surface area contributed by atoms with E-state index in [9.17, 15) is 31.5 Å². The second-order valence-electron chi connectivity index (χ2n) is 7.72. The summed E-state index contributed by atoms with van der Waals surface area (Å²) < 4.78 is 69.5. The first-order chi connectivity index (χ1) is 16.0. The summed E-state index contributed by atoms with van der Waals surface area (Å²) in [5, 5.41) is 7.21. The molecule has 0 spiro atoms. The Morgan fingerprint density at radius 1 is 1.24 bits per heavy atom. The van der Waals surface area contributed by atoms with Gasteiger partial charge in [-0.1, -0.05) is 17.4 Å². The topological polar surface area (TPSA) is 86.4 Å². The van der Waals surface area contributed by atoms with E-state index in [0.717, 1.165) is 40.5 Å². The second kappa shape index (κ2) is 8.80. The van der Waals surface area contributed by atoms with Crippen LogP contribution in [0.25, 0.3) is 10.2 Å². The molecule has 0 saturated carbocycles. The van der Waals surface area contributed by atoms with E-state index >= 15 is 0 Å². The zero-order valence-electron chi connectivity index (χ0n) is 17.5. The smallest absolute Gasteiger partial charge is 0.342 e. The summed E-state index contributed by atoms with van der Waals surface area (Å²) in [6.45, 7) is -1.29. The normalized spacial score (nSPS) is 21.1. The predicted octanol–water partition coefficient (Wildman–Crippen LogP) is 4.24. The van der Waals surface area contributed by atoms with Crippen LogP contribution in [0, 0.1) is 5.82 Å². The summed E-state index contributed by atoms with van der Waals surface area (Å²) in [6.07, 6.45) is -5.05. The Hall–Kier alpha value is -3.32. The molecule has 7 nitrogen and oxygen atoms in total. The van der Waals surface area contributed by atoms with Crippen LogP contribution in [0.4, 0.5) is 37.6 Å². The molecule has 1 aromatic heterocycles. The fourth-order valence-electron chi connectivity index (χ4n) is 3.78. The van der Waals surface area contributed by atoms with Crippen molar-refractivity contribution in [3.05, 3.63) is 53.8 Å². The number of fused-ring (bicyclic) bond motifs is 1. The van der Waals surface area contributed by atoms with Gasteiger partial charge in [-0.3, -0.25) is 15.4 Å². The molecule has 1 fully saturated rings. The van der Waals surface area contributed by atoms with E-state index in [1.807, 2.05) is 0 Å². The highest BCUT2D eigenvalue weighted by Crippen LogP contribution is 2.44. The average Bonchev–Trinajstić information content (AvgIpc) is 3.17. The minimum atomic E-state index is -5.05. The summed E-state index contributed by atoms with van der Waals surface area (Å²) >= 11 is 0.898. The van der Waals surface area contributed by atoms with Crippen LogP contribution >= 0.6 is 11.3 Å². The number of halogens is 5. The number of nitrogens with zero attached hydrogens (tertiary/aromatic N) is 2. The summed E-state index contributed by atoms with van der Waals surface area (Å²) in [4.78, 5) is 30.0. The van der Waals surface area contributed by atoms with Gasteiger partial charge in [0.25, 0.3) is 5.91 Å². The largest absolute Gasteiger partial charge is 0.419 e. The Balaban J connectivity index is 1.64. The third-order valence-electron chi connectivity index (χ3n) is 5.34. The Morgan fingerprint density at radius 3 is 2.59 bits per heavy atom. The van der Waals surface area contributed by atoms with Gasteiger partial charge in [0, 0.05) is 19.3 Å². The molecular weight excluding hydrogens is 481 g/mol. The quantitative estimate of drug-likeness (QED) is 0.469. The molecule has 2 atom stereocenters. The van der Waals surface area contributed by atoms with Gasteiger partial charge in [-0.15, -0.1) is 0 Å². The second-order valence-corrected chi connectivity index (χ2v) is 8.75. The molecule has 180 valence electrons. The van der Waals surface area contributed by atoms with E-state index in [-0.39, 0.29) is 16.4 Å². The molecule has 13 heteroatoms.